The molecule has 0 aromatic heterocycles. The molecule has 2 unspecified atom stereocenters. The van der Waals surface area contributed by atoms with Gasteiger partial charge in [0.2, 0.25) is 0 Å². The minimum Gasteiger partial charge on any atom is -0.0950 e. The Morgan fingerprint density at radius 1 is 1.21 bits per heavy atom. The van der Waals surface area contributed by atoms with E-state index in [4.69, 9.17) is 0 Å². The lowest BCUT2D eigenvalue weighted by atomic mass is 9.76. The molecule has 0 saturated heterocycles. The molecule has 106 valence electrons. The van der Waals surface area contributed by atoms with Crippen LogP contribution in [0.4, 0.5) is 0 Å². The van der Waals surface area contributed by atoms with Gasteiger partial charge >= 0.3 is 0 Å². The summed E-state index contributed by atoms with van der Waals surface area (Å²) in [5.41, 5.74) is 7.34. The third kappa shape index (κ3) is 4.23. The fourth-order valence-electron chi connectivity index (χ4n) is 2.93. The molecule has 2 rings (SSSR count). The fourth-order valence-corrected chi connectivity index (χ4v) is 2.93. The molecule has 0 radical (unpaired) electrons. The van der Waals surface area contributed by atoms with Crippen LogP contribution in [-0.4, -0.2) is 0 Å². The van der Waals surface area contributed by atoms with Crippen LogP contribution in [0.3, 0.4) is 0 Å². The van der Waals surface area contributed by atoms with E-state index in [9.17, 15) is 0 Å². The van der Waals surface area contributed by atoms with Crippen LogP contribution < -0.4 is 0 Å². The van der Waals surface area contributed by atoms with Gasteiger partial charge < -0.3 is 0 Å². The zero-order valence-electron chi connectivity index (χ0n) is 13.6. The molecule has 2 aliphatic carbocycles. The van der Waals surface area contributed by atoms with E-state index in [-0.39, 0.29) is 0 Å². The molecule has 0 fully saturated rings. The molecule has 0 bridgehead atoms. The van der Waals surface area contributed by atoms with E-state index in [0.29, 0.717) is 5.92 Å². The minimum atomic E-state index is 0.662. The second-order valence-corrected chi connectivity index (χ2v) is 6.20. The summed E-state index contributed by atoms with van der Waals surface area (Å²) in [5, 5.41) is 0. The summed E-state index contributed by atoms with van der Waals surface area (Å²) in [4.78, 5) is 0. The Bertz CT molecular complexity index is 429. The number of hydrogen-bond acceptors (Lipinski definition) is 0. The van der Waals surface area contributed by atoms with Gasteiger partial charge in [-0.25, -0.2) is 0 Å². The Hall–Kier alpha value is -1.04. The number of hydrogen-bond donors (Lipinski definition) is 0. The Labute approximate surface area is 120 Å². The maximum atomic E-state index is 3.92. The highest BCUT2D eigenvalue weighted by Crippen LogP contribution is 2.37. The third-order valence-electron chi connectivity index (χ3n) is 4.38. The summed E-state index contributed by atoms with van der Waals surface area (Å²) in [5.74, 6) is 1.43. The van der Waals surface area contributed by atoms with Gasteiger partial charge in [0, 0.05) is 5.92 Å². The topological polar surface area (TPSA) is 0 Å². The molecule has 0 aromatic carbocycles. The maximum Gasteiger partial charge on any atom is 0.00196 e. The van der Waals surface area contributed by atoms with Crippen molar-refractivity contribution in [3.63, 3.8) is 0 Å². The van der Waals surface area contributed by atoms with Crippen molar-refractivity contribution in [1.82, 2.24) is 0 Å². The number of rotatable bonds is 2. The van der Waals surface area contributed by atoms with Crippen molar-refractivity contribution < 1.29 is 0 Å². The van der Waals surface area contributed by atoms with Crippen molar-refractivity contribution in [2.24, 2.45) is 11.8 Å². The molecule has 0 amide bonds. The monoisotopic (exact) mass is 258 g/mol. The van der Waals surface area contributed by atoms with Crippen molar-refractivity contribution >= 4 is 0 Å². The van der Waals surface area contributed by atoms with Crippen LogP contribution in [0.2, 0.25) is 0 Å². The summed E-state index contributed by atoms with van der Waals surface area (Å²) in [6, 6.07) is 0. The lowest BCUT2D eigenvalue weighted by Gasteiger charge is -2.29. The lowest BCUT2D eigenvalue weighted by molar-refractivity contribution is 0.668. The minimum absolute atomic E-state index is 0.662. The summed E-state index contributed by atoms with van der Waals surface area (Å²) in [6.07, 6.45) is 8.56. The first-order valence-corrected chi connectivity index (χ1v) is 7.61. The van der Waals surface area contributed by atoms with Gasteiger partial charge in [0.15, 0.2) is 0 Å². The van der Waals surface area contributed by atoms with Gasteiger partial charge in [0.05, 0.1) is 0 Å². The van der Waals surface area contributed by atoms with Crippen molar-refractivity contribution in [3.8, 4) is 0 Å². The first-order chi connectivity index (χ1) is 8.86. The second kappa shape index (κ2) is 6.93. The van der Waals surface area contributed by atoms with Crippen LogP contribution >= 0.6 is 0 Å². The Balaban J connectivity index is 0.000000200. The Kier molecular flexibility index (Phi) is 5.85. The molecule has 0 nitrogen and oxygen atoms in total. The van der Waals surface area contributed by atoms with Crippen LogP contribution in [0.1, 0.15) is 60.8 Å². The molecule has 2 aliphatic rings. The van der Waals surface area contributed by atoms with Gasteiger partial charge in [0.25, 0.3) is 0 Å². The van der Waals surface area contributed by atoms with Crippen molar-refractivity contribution in [3.05, 3.63) is 46.6 Å². The van der Waals surface area contributed by atoms with Crippen molar-refractivity contribution in [2.75, 3.05) is 0 Å². The van der Waals surface area contributed by atoms with Gasteiger partial charge in [-0.1, -0.05) is 62.6 Å². The Morgan fingerprint density at radius 3 is 2.21 bits per heavy atom. The highest BCUT2D eigenvalue weighted by atomic mass is 14.3. The van der Waals surface area contributed by atoms with Crippen LogP contribution in [0.25, 0.3) is 0 Å². The van der Waals surface area contributed by atoms with E-state index in [0.717, 1.165) is 5.92 Å². The average Bonchev–Trinajstić information content (AvgIpc) is 2.36. The molecular weight excluding hydrogens is 228 g/mol. The van der Waals surface area contributed by atoms with Gasteiger partial charge in [-0.2, -0.15) is 0 Å². The molecule has 0 saturated carbocycles. The zero-order chi connectivity index (χ0) is 14.6. The molecule has 0 heterocycles. The van der Waals surface area contributed by atoms with E-state index in [1.165, 1.54) is 41.6 Å². The highest BCUT2D eigenvalue weighted by Gasteiger charge is 2.21. The van der Waals surface area contributed by atoms with E-state index in [1.54, 1.807) is 5.57 Å². The van der Waals surface area contributed by atoms with E-state index in [2.05, 4.69) is 60.3 Å². The first-order valence-electron chi connectivity index (χ1n) is 7.61. The smallest absolute Gasteiger partial charge is 0.00196 e. The largest absolute Gasteiger partial charge is 0.0950 e. The predicted octanol–water partition coefficient (Wildman–Crippen LogP) is 6.23. The summed E-state index contributed by atoms with van der Waals surface area (Å²) in [6.45, 7) is 17.2. The highest BCUT2D eigenvalue weighted by molar-refractivity contribution is 5.47. The first kappa shape index (κ1) is 16.0. The maximum absolute atomic E-state index is 3.92. The SMILES string of the molecule is C=C1C(C)=C(C)C1C.CCCC1=CC(C)=CC(C)C1. The third-order valence-corrected chi connectivity index (χ3v) is 4.38. The summed E-state index contributed by atoms with van der Waals surface area (Å²) >= 11 is 0. The van der Waals surface area contributed by atoms with E-state index >= 15 is 0 Å². The van der Waals surface area contributed by atoms with Crippen molar-refractivity contribution in [1.29, 1.82) is 0 Å². The van der Waals surface area contributed by atoms with Crippen LogP contribution in [0, 0.1) is 11.8 Å². The Morgan fingerprint density at radius 2 is 1.84 bits per heavy atom. The fraction of sp³-hybridized carbons (Fsp3) is 0.579. The van der Waals surface area contributed by atoms with Gasteiger partial charge in [-0.05, 0) is 50.7 Å². The molecular formula is C19H30. The molecule has 2 atom stereocenters. The lowest BCUT2D eigenvalue weighted by Crippen LogP contribution is -2.14. The standard InChI is InChI=1S/C11H18.C8H12/c1-4-5-11-7-9(2)6-10(3)8-11;1-5-6(2)8(4)7(5)3/h6-7,10H,4-5,8H2,1-3H3;6H,1H2,2-4H3. The predicted molar refractivity (Wildman–Crippen MR) is 87.2 cm³/mol. The van der Waals surface area contributed by atoms with Crippen LogP contribution in [0.15, 0.2) is 46.6 Å². The molecule has 19 heavy (non-hydrogen) atoms. The van der Waals surface area contributed by atoms with E-state index in [1.807, 2.05) is 0 Å². The van der Waals surface area contributed by atoms with E-state index < -0.39 is 0 Å². The molecule has 0 N–H and O–H groups in total. The molecule has 0 aromatic rings. The average molecular weight is 258 g/mol. The molecule has 0 aliphatic heterocycles. The molecule has 0 heteroatoms. The van der Waals surface area contributed by atoms with Gasteiger partial charge in [0.1, 0.15) is 0 Å². The normalized spacial score (nSPS) is 26.1. The quantitative estimate of drug-likeness (QED) is 0.551. The van der Waals surface area contributed by atoms with Gasteiger partial charge in [-0.3, -0.25) is 0 Å². The van der Waals surface area contributed by atoms with Gasteiger partial charge in [-0.15, -0.1) is 0 Å². The summed E-state index contributed by atoms with van der Waals surface area (Å²) in [7, 11) is 0. The summed E-state index contributed by atoms with van der Waals surface area (Å²) < 4.78 is 0. The van der Waals surface area contributed by atoms with Crippen LogP contribution in [-0.2, 0) is 0 Å². The zero-order valence-corrected chi connectivity index (χ0v) is 13.6. The number of allylic oxidation sites excluding steroid dienone is 7. The van der Waals surface area contributed by atoms with Crippen LogP contribution in [0.5, 0.6) is 0 Å². The molecule has 0 spiro atoms. The van der Waals surface area contributed by atoms with Crippen molar-refractivity contribution in [2.45, 2.75) is 60.8 Å². The second-order valence-electron chi connectivity index (χ2n) is 6.20.